The summed E-state index contributed by atoms with van der Waals surface area (Å²) in [6.45, 7) is -0.191. The maximum Gasteiger partial charge on any atom is 0.218 e. The number of hydrogen-bond donors (Lipinski definition) is 0. The van der Waals surface area contributed by atoms with Crippen LogP contribution in [0.1, 0.15) is 0 Å². The van der Waals surface area contributed by atoms with Crippen LogP contribution in [0.25, 0.3) is 0 Å². The van der Waals surface area contributed by atoms with E-state index in [0.29, 0.717) is 0 Å². The van der Waals surface area contributed by atoms with Crippen molar-refractivity contribution < 1.29 is 9.28 Å². The average Bonchev–Trinajstić information content (AvgIpc) is 1.85. The van der Waals surface area contributed by atoms with E-state index < -0.39 is 0 Å². The number of carbonyl (C=O) groups excluding carboxylic acids is 1. The van der Waals surface area contributed by atoms with Gasteiger partial charge < -0.3 is 0 Å². The third-order valence-corrected chi connectivity index (χ3v) is 1.84. The lowest BCUT2D eigenvalue weighted by Gasteiger charge is -1.96. The van der Waals surface area contributed by atoms with Gasteiger partial charge in [0.15, 0.2) is 4.32 Å². The Labute approximate surface area is 55.0 Å². The normalized spacial score (nSPS) is 20.4. The molecule has 0 aliphatic carbocycles. The fraction of sp³-hybridized carbons (Fsp3) is 0.333. The predicted octanol–water partition coefficient (Wildman–Crippen LogP) is 0.731. The van der Waals surface area contributed by atoms with Crippen LogP contribution in [0.2, 0.25) is 0 Å². The molecule has 0 unspecified atom stereocenters. The van der Waals surface area contributed by atoms with E-state index in [2.05, 4.69) is 12.2 Å². The van der Waals surface area contributed by atoms with Crippen molar-refractivity contribution in [3.05, 3.63) is 0 Å². The van der Waals surface area contributed by atoms with E-state index in [1.54, 1.807) is 0 Å². The third-order valence-electron chi connectivity index (χ3n) is 0.667. The molecule has 0 atom stereocenters. The van der Waals surface area contributed by atoms with Gasteiger partial charge in [0.05, 0.1) is 0 Å². The summed E-state index contributed by atoms with van der Waals surface area (Å²) in [6, 6.07) is 0. The van der Waals surface area contributed by atoms with Crippen LogP contribution in [0.5, 0.6) is 0 Å². The first-order valence-corrected chi connectivity index (χ1v) is 3.10. The van der Waals surface area contributed by atoms with Gasteiger partial charge in [-0.3, -0.25) is 4.79 Å². The first-order valence-electron chi connectivity index (χ1n) is 1.88. The van der Waals surface area contributed by atoms with Crippen LogP contribution in [-0.2, 0) is 4.79 Å². The Morgan fingerprint density at radius 1 is 1.88 bits per heavy atom. The molecule has 8 heavy (non-hydrogen) atoms. The van der Waals surface area contributed by atoms with Crippen LogP contribution in [0.15, 0.2) is 0 Å². The second-order valence-corrected chi connectivity index (χ2v) is 2.95. The van der Waals surface area contributed by atoms with Gasteiger partial charge in [-0.05, 0) is 24.0 Å². The van der Waals surface area contributed by atoms with Crippen molar-refractivity contribution in [1.29, 1.82) is 0 Å². The van der Waals surface area contributed by atoms with Crippen LogP contribution in [0, 0.1) is 0 Å². The Balaban J connectivity index is 2.64. The number of halogens is 1. The van der Waals surface area contributed by atoms with Gasteiger partial charge >= 0.3 is 0 Å². The standard InChI is InChI=1S/C3H2FNOS2/c4-5-1-2(6)8-3(5)7/h1H2. The summed E-state index contributed by atoms with van der Waals surface area (Å²) in [5.74, 6) is 0. The second kappa shape index (κ2) is 1.99. The molecular formula is C3H2FNOS2. The highest BCUT2D eigenvalue weighted by atomic mass is 32.2. The molecule has 0 aromatic rings. The van der Waals surface area contributed by atoms with E-state index in [1.165, 1.54) is 0 Å². The van der Waals surface area contributed by atoms with E-state index in [0.717, 1.165) is 11.8 Å². The first-order chi connectivity index (χ1) is 3.70. The van der Waals surface area contributed by atoms with E-state index >= 15 is 0 Å². The fourth-order valence-corrected chi connectivity index (χ4v) is 1.24. The zero-order chi connectivity index (χ0) is 6.15. The largest absolute Gasteiger partial charge is 0.285 e. The summed E-state index contributed by atoms with van der Waals surface area (Å²) in [4.78, 5) is 10.3. The van der Waals surface area contributed by atoms with Crippen LogP contribution in [0.3, 0.4) is 0 Å². The van der Waals surface area contributed by atoms with Crippen LogP contribution >= 0.6 is 24.0 Å². The molecule has 0 bridgehead atoms. The lowest BCUT2D eigenvalue weighted by molar-refractivity contribution is -0.112. The lowest BCUT2D eigenvalue weighted by Crippen LogP contribution is -2.11. The fourth-order valence-electron chi connectivity index (χ4n) is 0.357. The monoisotopic (exact) mass is 151 g/mol. The van der Waals surface area contributed by atoms with Crippen molar-refractivity contribution in [3.63, 3.8) is 0 Å². The van der Waals surface area contributed by atoms with Crippen LogP contribution < -0.4 is 0 Å². The Morgan fingerprint density at radius 3 is 2.62 bits per heavy atom. The maximum absolute atomic E-state index is 12.0. The zero-order valence-electron chi connectivity index (χ0n) is 3.76. The summed E-state index contributed by atoms with van der Waals surface area (Å²) in [7, 11) is 0. The Hall–Kier alpha value is -0.160. The number of thiocarbonyl (C=S) groups is 1. The van der Waals surface area contributed by atoms with Crippen LogP contribution in [0.4, 0.5) is 4.48 Å². The van der Waals surface area contributed by atoms with Crippen molar-refractivity contribution >= 4 is 33.4 Å². The van der Waals surface area contributed by atoms with Crippen molar-refractivity contribution in [2.75, 3.05) is 6.54 Å². The molecule has 0 N–H and O–H groups in total. The maximum atomic E-state index is 12.0. The molecule has 1 saturated heterocycles. The zero-order valence-corrected chi connectivity index (χ0v) is 5.39. The molecule has 1 fully saturated rings. The topological polar surface area (TPSA) is 20.3 Å². The molecule has 0 radical (unpaired) electrons. The van der Waals surface area contributed by atoms with Gasteiger partial charge in [-0.2, -0.15) is 5.12 Å². The Kier molecular flexibility index (Phi) is 1.48. The molecule has 5 heteroatoms. The minimum absolute atomic E-state index is 0.0231. The summed E-state index contributed by atoms with van der Waals surface area (Å²) in [5.41, 5.74) is 0. The molecule has 44 valence electrons. The molecule has 1 heterocycles. The van der Waals surface area contributed by atoms with Gasteiger partial charge in [0.25, 0.3) is 0 Å². The highest BCUT2D eigenvalue weighted by Gasteiger charge is 2.24. The molecule has 0 saturated carbocycles. The summed E-state index contributed by atoms with van der Waals surface area (Å²) in [6.07, 6.45) is 0. The molecule has 0 aromatic carbocycles. The number of thioether (sulfide) groups is 1. The average molecular weight is 151 g/mol. The van der Waals surface area contributed by atoms with Gasteiger partial charge in [-0.25, -0.2) is 0 Å². The molecule has 0 aromatic heterocycles. The highest BCUT2D eigenvalue weighted by molar-refractivity contribution is 8.33. The van der Waals surface area contributed by atoms with Crippen molar-refractivity contribution in [2.24, 2.45) is 0 Å². The third kappa shape index (κ3) is 0.976. The van der Waals surface area contributed by atoms with Crippen molar-refractivity contribution in [1.82, 2.24) is 5.12 Å². The molecule has 1 rings (SSSR count). The molecule has 0 spiro atoms. The minimum Gasteiger partial charge on any atom is -0.285 e. The predicted molar refractivity (Wildman–Crippen MR) is 33.0 cm³/mol. The molecule has 1 aliphatic rings. The summed E-state index contributed by atoms with van der Waals surface area (Å²) >= 11 is 5.18. The van der Waals surface area contributed by atoms with Gasteiger partial charge in [0, 0.05) is 0 Å². The lowest BCUT2D eigenvalue weighted by atomic mass is 10.7. The molecule has 0 amide bonds. The van der Waals surface area contributed by atoms with Crippen LogP contribution in [-0.4, -0.2) is 21.1 Å². The molecule has 2 nitrogen and oxygen atoms in total. The van der Waals surface area contributed by atoms with Gasteiger partial charge in [-0.15, -0.1) is 0 Å². The van der Waals surface area contributed by atoms with E-state index in [1.807, 2.05) is 0 Å². The second-order valence-electron chi connectivity index (χ2n) is 1.26. The van der Waals surface area contributed by atoms with Crippen molar-refractivity contribution in [2.45, 2.75) is 0 Å². The van der Waals surface area contributed by atoms with Gasteiger partial charge in [0.2, 0.25) is 5.12 Å². The minimum atomic E-state index is -0.225. The SMILES string of the molecule is O=C1CN(F)C(=S)S1. The number of hydrogen-bond acceptors (Lipinski definition) is 3. The van der Waals surface area contributed by atoms with E-state index in [9.17, 15) is 9.28 Å². The summed E-state index contributed by atoms with van der Waals surface area (Å²) < 4.78 is 12.0. The molecule has 1 aliphatic heterocycles. The van der Waals surface area contributed by atoms with Gasteiger partial charge in [0.1, 0.15) is 6.54 Å². The van der Waals surface area contributed by atoms with E-state index in [-0.39, 0.29) is 21.1 Å². The Bertz CT molecular complexity index is 148. The van der Waals surface area contributed by atoms with E-state index in [4.69, 9.17) is 0 Å². The highest BCUT2D eigenvalue weighted by Crippen LogP contribution is 2.18. The van der Waals surface area contributed by atoms with Gasteiger partial charge in [-0.1, -0.05) is 4.48 Å². The molecular weight excluding hydrogens is 149 g/mol. The number of rotatable bonds is 0. The Morgan fingerprint density at radius 2 is 2.50 bits per heavy atom. The van der Waals surface area contributed by atoms with Crippen molar-refractivity contribution in [3.8, 4) is 0 Å². The smallest absolute Gasteiger partial charge is 0.218 e. The number of carbonyl (C=O) groups is 1. The number of nitrogens with zero attached hydrogens (tertiary/aromatic N) is 1. The first kappa shape index (κ1) is 5.97. The quantitative estimate of drug-likeness (QED) is 0.375. The summed E-state index contributed by atoms with van der Waals surface area (Å²) in [5, 5.41) is 0.0417.